The molecule has 1 aromatic carbocycles. The number of nitrogens with one attached hydrogen (secondary N) is 1. The summed E-state index contributed by atoms with van der Waals surface area (Å²) in [7, 11) is 0. The van der Waals surface area contributed by atoms with E-state index >= 15 is 0 Å². The van der Waals surface area contributed by atoms with Gasteiger partial charge in [-0.2, -0.15) is 0 Å². The topological polar surface area (TPSA) is 75.3 Å². The van der Waals surface area contributed by atoms with Crippen molar-refractivity contribution in [2.75, 3.05) is 0 Å². The predicted molar refractivity (Wildman–Crippen MR) is 74.5 cm³/mol. The minimum absolute atomic E-state index is 0.0109. The maximum absolute atomic E-state index is 12.0. The van der Waals surface area contributed by atoms with Crippen LogP contribution in [0.25, 0.3) is 0 Å². The molecule has 19 heavy (non-hydrogen) atoms. The molecule has 4 nitrogen and oxygen atoms in total. The third-order valence-corrected chi connectivity index (χ3v) is 4.17. The molecule has 2 rings (SSSR count). The van der Waals surface area contributed by atoms with Crippen molar-refractivity contribution in [1.29, 1.82) is 0 Å². The van der Waals surface area contributed by atoms with E-state index in [4.69, 9.17) is 5.73 Å². The van der Waals surface area contributed by atoms with Crippen LogP contribution in [0.1, 0.15) is 25.8 Å². The fourth-order valence-corrected chi connectivity index (χ4v) is 2.39. The standard InChI is InChI=1S/C15H22N2O2/c1-15(2)12(9-13(15)18)17-14(19)11(16)8-10-6-4-3-5-7-10/h3-7,11-13,18H,8-9,16H2,1-2H3,(H,17,19)/t11-,12?,13?/m0/s1. The Morgan fingerprint density at radius 2 is 2.11 bits per heavy atom. The summed E-state index contributed by atoms with van der Waals surface area (Å²) in [5.74, 6) is -0.145. The molecule has 0 radical (unpaired) electrons. The van der Waals surface area contributed by atoms with Gasteiger partial charge < -0.3 is 16.2 Å². The highest BCUT2D eigenvalue weighted by Gasteiger charge is 2.48. The maximum atomic E-state index is 12.0. The zero-order valence-corrected chi connectivity index (χ0v) is 11.5. The molecule has 0 saturated heterocycles. The van der Waals surface area contributed by atoms with Gasteiger partial charge in [-0.15, -0.1) is 0 Å². The molecule has 1 fully saturated rings. The van der Waals surface area contributed by atoms with Gasteiger partial charge in [-0.05, 0) is 18.4 Å². The van der Waals surface area contributed by atoms with Crippen LogP contribution in [0.15, 0.2) is 30.3 Å². The van der Waals surface area contributed by atoms with Gasteiger partial charge in [0.15, 0.2) is 0 Å². The summed E-state index contributed by atoms with van der Waals surface area (Å²) in [5.41, 5.74) is 6.72. The molecule has 104 valence electrons. The van der Waals surface area contributed by atoms with E-state index in [2.05, 4.69) is 5.32 Å². The van der Waals surface area contributed by atoms with Crippen LogP contribution in [0.4, 0.5) is 0 Å². The number of hydrogen-bond donors (Lipinski definition) is 3. The molecule has 4 heteroatoms. The Kier molecular flexibility index (Phi) is 3.92. The van der Waals surface area contributed by atoms with Gasteiger partial charge in [0, 0.05) is 11.5 Å². The lowest BCUT2D eigenvalue weighted by Gasteiger charge is -2.49. The average Bonchev–Trinajstić information content (AvgIpc) is 2.39. The number of nitrogens with two attached hydrogens (primary N) is 1. The zero-order chi connectivity index (χ0) is 14.0. The summed E-state index contributed by atoms with van der Waals surface area (Å²) in [6.07, 6.45) is 0.794. The second kappa shape index (κ2) is 5.31. The summed E-state index contributed by atoms with van der Waals surface area (Å²) >= 11 is 0. The first kappa shape index (κ1) is 14.0. The van der Waals surface area contributed by atoms with Crippen molar-refractivity contribution in [3.05, 3.63) is 35.9 Å². The van der Waals surface area contributed by atoms with Gasteiger partial charge in [-0.1, -0.05) is 44.2 Å². The molecule has 4 N–H and O–H groups in total. The number of carbonyl (C=O) groups excluding carboxylic acids is 1. The number of carbonyl (C=O) groups is 1. The lowest BCUT2D eigenvalue weighted by molar-refractivity contribution is -0.130. The number of rotatable bonds is 4. The van der Waals surface area contributed by atoms with Gasteiger partial charge in [0.25, 0.3) is 0 Å². The Morgan fingerprint density at radius 1 is 1.47 bits per heavy atom. The Bertz CT molecular complexity index is 445. The molecular formula is C15H22N2O2. The number of benzene rings is 1. The molecule has 0 bridgehead atoms. The maximum Gasteiger partial charge on any atom is 0.237 e. The van der Waals surface area contributed by atoms with Crippen molar-refractivity contribution in [3.63, 3.8) is 0 Å². The van der Waals surface area contributed by atoms with Gasteiger partial charge in [0.05, 0.1) is 12.1 Å². The summed E-state index contributed by atoms with van der Waals surface area (Å²) in [6.45, 7) is 3.91. The molecule has 1 saturated carbocycles. The van der Waals surface area contributed by atoms with Crippen LogP contribution >= 0.6 is 0 Å². The fraction of sp³-hybridized carbons (Fsp3) is 0.533. The van der Waals surface area contributed by atoms with Crippen LogP contribution in [0.5, 0.6) is 0 Å². The van der Waals surface area contributed by atoms with Gasteiger partial charge in [0.1, 0.15) is 0 Å². The highest BCUT2D eigenvalue weighted by atomic mass is 16.3. The zero-order valence-electron chi connectivity index (χ0n) is 11.5. The summed E-state index contributed by atoms with van der Waals surface area (Å²) < 4.78 is 0. The van der Waals surface area contributed by atoms with E-state index in [1.165, 1.54) is 0 Å². The van der Waals surface area contributed by atoms with E-state index in [-0.39, 0.29) is 23.5 Å². The summed E-state index contributed by atoms with van der Waals surface area (Å²) in [6, 6.07) is 9.20. The lowest BCUT2D eigenvalue weighted by Crippen LogP contribution is -2.63. The number of aliphatic hydroxyl groups excluding tert-OH is 1. The van der Waals surface area contributed by atoms with Gasteiger partial charge in [-0.25, -0.2) is 0 Å². The Balaban J connectivity index is 1.87. The molecule has 1 aliphatic carbocycles. The predicted octanol–water partition coefficient (Wildman–Crippen LogP) is 0.832. The highest BCUT2D eigenvalue weighted by Crippen LogP contribution is 2.40. The number of hydrogen-bond acceptors (Lipinski definition) is 3. The van der Waals surface area contributed by atoms with E-state index in [1.54, 1.807) is 0 Å². The van der Waals surface area contributed by atoms with E-state index in [0.29, 0.717) is 12.8 Å². The number of amides is 1. The quantitative estimate of drug-likeness (QED) is 0.752. The molecule has 2 unspecified atom stereocenters. The second-order valence-electron chi connectivity index (χ2n) is 5.93. The normalized spacial score (nSPS) is 26.3. The lowest BCUT2D eigenvalue weighted by atomic mass is 9.64. The molecule has 3 atom stereocenters. The Labute approximate surface area is 114 Å². The second-order valence-corrected chi connectivity index (χ2v) is 5.93. The molecule has 0 aliphatic heterocycles. The van der Waals surface area contributed by atoms with E-state index in [9.17, 15) is 9.90 Å². The van der Waals surface area contributed by atoms with Crippen molar-refractivity contribution < 1.29 is 9.90 Å². The van der Waals surface area contributed by atoms with Crippen LogP contribution in [-0.2, 0) is 11.2 Å². The third kappa shape index (κ3) is 2.96. The molecule has 1 amide bonds. The molecular weight excluding hydrogens is 240 g/mol. The van der Waals surface area contributed by atoms with Crippen LogP contribution < -0.4 is 11.1 Å². The van der Waals surface area contributed by atoms with Crippen molar-refractivity contribution >= 4 is 5.91 Å². The fourth-order valence-electron chi connectivity index (χ4n) is 2.39. The summed E-state index contributed by atoms with van der Waals surface area (Å²) in [5, 5.41) is 12.6. The van der Waals surface area contributed by atoms with E-state index < -0.39 is 6.04 Å². The first-order valence-corrected chi connectivity index (χ1v) is 6.69. The van der Waals surface area contributed by atoms with Gasteiger partial charge in [0.2, 0.25) is 5.91 Å². The molecule has 0 spiro atoms. The van der Waals surface area contributed by atoms with Crippen molar-refractivity contribution in [1.82, 2.24) is 5.32 Å². The van der Waals surface area contributed by atoms with Crippen LogP contribution in [0.2, 0.25) is 0 Å². The SMILES string of the molecule is CC1(C)C(O)CC1NC(=O)[C@@H](N)Cc1ccccc1. The average molecular weight is 262 g/mol. The third-order valence-electron chi connectivity index (χ3n) is 4.17. The first-order valence-electron chi connectivity index (χ1n) is 6.69. The monoisotopic (exact) mass is 262 g/mol. The Hall–Kier alpha value is -1.39. The summed E-state index contributed by atoms with van der Waals surface area (Å²) in [4.78, 5) is 12.0. The van der Waals surface area contributed by atoms with Crippen LogP contribution in [-0.4, -0.2) is 29.2 Å². The van der Waals surface area contributed by atoms with Crippen molar-refractivity contribution in [2.24, 2.45) is 11.1 Å². The van der Waals surface area contributed by atoms with E-state index in [1.807, 2.05) is 44.2 Å². The van der Waals surface area contributed by atoms with Crippen LogP contribution in [0, 0.1) is 5.41 Å². The van der Waals surface area contributed by atoms with Gasteiger partial charge >= 0.3 is 0 Å². The molecule has 1 aliphatic rings. The smallest absolute Gasteiger partial charge is 0.237 e. The highest BCUT2D eigenvalue weighted by molar-refractivity contribution is 5.82. The largest absolute Gasteiger partial charge is 0.392 e. The Morgan fingerprint density at radius 3 is 2.63 bits per heavy atom. The van der Waals surface area contributed by atoms with Crippen LogP contribution in [0.3, 0.4) is 0 Å². The van der Waals surface area contributed by atoms with Crippen molar-refractivity contribution in [3.8, 4) is 0 Å². The number of aliphatic hydroxyl groups is 1. The minimum Gasteiger partial charge on any atom is -0.392 e. The van der Waals surface area contributed by atoms with Gasteiger partial charge in [-0.3, -0.25) is 4.79 Å². The first-order chi connectivity index (χ1) is 8.91. The molecule has 0 aromatic heterocycles. The van der Waals surface area contributed by atoms with Crippen molar-refractivity contribution in [2.45, 2.75) is 44.9 Å². The van der Waals surface area contributed by atoms with E-state index in [0.717, 1.165) is 5.56 Å². The molecule has 0 heterocycles. The minimum atomic E-state index is -0.545. The molecule has 1 aromatic rings.